The van der Waals surface area contributed by atoms with E-state index in [0.29, 0.717) is 6.61 Å². The summed E-state index contributed by atoms with van der Waals surface area (Å²) < 4.78 is 33.6. The van der Waals surface area contributed by atoms with Crippen molar-refractivity contribution in [3.05, 3.63) is 34.4 Å². The first-order valence-corrected chi connectivity index (χ1v) is 7.92. The highest BCUT2D eigenvalue weighted by Crippen LogP contribution is 2.45. The van der Waals surface area contributed by atoms with Crippen LogP contribution >= 0.6 is 11.6 Å². The van der Waals surface area contributed by atoms with Crippen molar-refractivity contribution in [3.63, 3.8) is 0 Å². The molecule has 1 aromatic rings. The third-order valence-corrected chi connectivity index (χ3v) is 5.24. The zero-order chi connectivity index (χ0) is 15.0. The van der Waals surface area contributed by atoms with E-state index in [9.17, 15) is 8.78 Å². The molecular weight excluding hydrogens is 296 g/mol. The molecule has 5 heteroatoms. The fraction of sp³-hybridized carbons (Fsp3) is 0.625. The van der Waals surface area contributed by atoms with Crippen molar-refractivity contribution in [1.29, 1.82) is 0 Å². The number of halogens is 3. The van der Waals surface area contributed by atoms with Gasteiger partial charge in [-0.15, -0.1) is 0 Å². The van der Waals surface area contributed by atoms with Gasteiger partial charge in [-0.3, -0.25) is 0 Å². The minimum atomic E-state index is -0.619. The molecule has 1 heterocycles. The minimum Gasteiger partial charge on any atom is -0.375 e. The average Bonchev–Trinajstić information content (AvgIpc) is 2.90. The molecule has 1 spiro atoms. The van der Waals surface area contributed by atoms with Crippen molar-refractivity contribution in [3.8, 4) is 0 Å². The first-order valence-electron chi connectivity index (χ1n) is 7.55. The number of benzene rings is 1. The largest absolute Gasteiger partial charge is 0.375 e. The molecule has 1 aliphatic carbocycles. The summed E-state index contributed by atoms with van der Waals surface area (Å²) >= 11 is 5.60. The Labute approximate surface area is 128 Å². The SMILES string of the molecule is NC(c1cc(F)c(Cl)cc1F)C1CCOC2(CCCC2)C1. The molecule has 2 aliphatic rings. The maximum atomic E-state index is 14.0. The fourth-order valence-electron chi connectivity index (χ4n) is 3.79. The van der Waals surface area contributed by atoms with Gasteiger partial charge in [0.2, 0.25) is 0 Å². The van der Waals surface area contributed by atoms with Gasteiger partial charge in [0.05, 0.1) is 10.6 Å². The third kappa shape index (κ3) is 2.94. The summed E-state index contributed by atoms with van der Waals surface area (Å²) in [5, 5.41) is -0.206. The normalized spacial score (nSPS) is 26.2. The van der Waals surface area contributed by atoms with Crippen LogP contribution in [0.2, 0.25) is 5.02 Å². The van der Waals surface area contributed by atoms with Crippen LogP contribution in [0.3, 0.4) is 0 Å². The molecule has 2 fully saturated rings. The first-order chi connectivity index (χ1) is 10.0. The molecule has 1 saturated heterocycles. The van der Waals surface area contributed by atoms with Gasteiger partial charge < -0.3 is 10.5 Å². The second-order valence-electron chi connectivity index (χ2n) is 6.31. The van der Waals surface area contributed by atoms with Crippen molar-refractivity contribution in [2.75, 3.05) is 6.61 Å². The lowest BCUT2D eigenvalue weighted by atomic mass is 9.79. The van der Waals surface area contributed by atoms with Crippen molar-refractivity contribution < 1.29 is 13.5 Å². The van der Waals surface area contributed by atoms with E-state index in [4.69, 9.17) is 22.1 Å². The van der Waals surface area contributed by atoms with E-state index in [-0.39, 0.29) is 22.1 Å². The van der Waals surface area contributed by atoms with E-state index in [2.05, 4.69) is 0 Å². The zero-order valence-electron chi connectivity index (χ0n) is 11.9. The second kappa shape index (κ2) is 5.82. The highest BCUT2D eigenvalue weighted by Gasteiger charge is 2.42. The van der Waals surface area contributed by atoms with Crippen LogP contribution in [0.1, 0.15) is 50.1 Å². The van der Waals surface area contributed by atoms with Crippen LogP contribution < -0.4 is 5.73 Å². The third-order valence-electron chi connectivity index (χ3n) is 4.95. The van der Waals surface area contributed by atoms with Gasteiger partial charge in [-0.2, -0.15) is 0 Å². The van der Waals surface area contributed by atoms with Crippen molar-refractivity contribution in [2.45, 2.75) is 50.2 Å². The number of rotatable bonds is 2. The van der Waals surface area contributed by atoms with Gasteiger partial charge in [-0.25, -0.2) is 8.78 Å². The van der Waals surface area contributed by atoms with Crippen LogP contribution in [0.4, 0.5) is 8.78 Å². The summed E-state index contributed by atoms with van der Waals surface area (Å²) in [5.41, 5.74) is 6.37. The van der Waals surface area contributed by atoms with Crippen LogP contribution in [-0.2, 0) is 4.74 Å². The quantitative estimate of drug-likeness (QED) is 0.823. The van der Waals surface area contributed by atoms with Crippen LogP contribution in [0.15, 0.2) is 12.1 Å². The van der Waals surface area contributed by atoms with Gasteiger partial charge in [0.25, 0.3) is 0 Å². The second-order valence-corrected chi connectivity index (χ2v) is 6.71. The topological polar surface area (TPSA) is 35.2 Å². The molecule has 3 rings (SSSR count). The summed E-state index contributed by atoms with van der Waals surface area (Å²) in [6.45, 7) is 0.649. The van der Waals surface area contributed by atoms with Crippen molar-refractivity contribution in [2.24, 2.45) is 11.7 Å². The Morgan fingerprint density at radius 2 is 1.95 bits per heavy atom. The maximum absolute atomic E-state index is 14.0. The Morgan fingerprint density at radius 1 is 1.24 bits per heavy atom. The molecule has 0 radical (unpaired) electrons. The highest BCUT2D eigenvalue weighted by molar-refractivity contribution is 6.30. The molecule has 21 heavy (non-hydrogen) atoms. The van der Waals surface area contributed by atoms with Gasteiger partial charge in [-0.1, -0.05) is 24.4 Å². The molecule has 1 aliphatic heterocycles. The molecule has 2 N–H and O–H groups in total. The van der Waals surface area contributed by atoms with Gasteiger partial charge in [0.15, 0.2) is 0 Å². The molecule has 2 atom stereocenters. The van der Waals surface area contributed by atoms with Gasteiger partial charge in [-0.05, 0) is 43.7 Å². The van der Waals surface area contributed by atoms with Crippen LogP contribution in [0.25, 0.3) is 0 Å². The summed E-state index contributed by atoms with van der Waals surface area (Å²) in [6, 6.07) is 1.63. The first kappa shape index (κ1) is 15.2. The van der Waals surface area contributed by atoms with Crippen LogP contribution in [0.5, 0.6) is 0 Å². The molecule has 0 amide bonds. The molecule has 2 unspecified atom stereocenters. The number of ether oxygens (including phenoxy) is 1. The average molecular weight is 316 g/mol. The lowest BCUT2D eigenvalue weighted by Crippen LogP contribution is -2.40. The highest BCUT2D eigenvalue weighted by atomic mass is 35.5. The number of hydrogen-bond donors (Lipinski definition) is 1. The van der Waals surface area contributed by atoms with E-state index in [1.807, 2.05) is 0 Å². The zero-order valence-corrected chi connectivity index (χ0v) is 12.6. The monoisotopic (exact) mass is 315 g/mol. The Balaban J connectivity index is 1.81. The van der Waals surface area contributed by atoms with E-state index in [1.165, 1.54) is 12.8 Å². The molecular formula is C16H20ClF2NO. The molecule has 116 valence electrons. The molecule has 0 aromatic heterocycles. The molecule has 2 nitrogen and oxygen atoms in total. The summed E-state index contributed by atoms with van der Waals surface area (Å²) in [6.07, 6.45) is 6.06. The fourth-order valence-corrected chi connectivity index (χ4v) is 3.94. The predicted molar refractivity (Wildman–Crippen MR) is 78.2 cm³/mol. The van der Waals surface area contributed by atoms with Crippen LogP contribution in [-0.4, -0.2) is 12.2 Å². The number of hydrogen-bond acceptors (Lipinski definition) is 2. The summed E-state index contributed by atoms with van der Waals surface area (Å²) in [7, 11) is 0. The summed E-state index contributed by atoms with van der Waals surface area (Å²) in [4.78, 5) is 0. The van der Waals surface area contributed by atoms with E-state index in [1.54, 1.807) is 0 Å². The minimum absolute atomic E-state index is 0.0814. The Kier molecular flexibility index (Phi) is 4.21. The Bertz CT molecular complexity index is 531. The van der Waals surface area contributed by atoms with Gasteiger partial charge >= 0.3 is 0 Å². The Hall–Kier alpha value is -0.710. The standard InChI is InChI=1S/C16H20ClF2NO/c17-12-8-13(18)11(7-14(12)19)15(20)10-3-6-21-16(9-10)4-1-2-5-16/h7-8,10,15H,1-6,9,20H2. The Morgan fingerprint density at radius 3 is 2.67 bits per heavy atom. The summed E-state index contributed by atoms with van der Waals surface area (Å²) in [5.74, 6) is -1.03. The lowest BCUT2D eigenvalue weighted by Gasteiger charge is -2.40. The lowest BCUT2D eigenvalue weighted by molar-refractivity contribution is -0.0965. The maximum Gasteiger partial charge on any atom is 0.142 e. The van der Waals surface area contributed by atoms with E-state index >= 15 is 0 Å². The van der Waals surface area contributed by atoms with Crippen molar-refractivity contribution in [1.82, 2.24) is 0 Å². The van der Waals surface area contributed by atoms with Gasteiger partial charge in [0, 0.05) is 18.2 Å². The van der Waals surface area contributed by atoms with Gasteiger partial charge in [0.1, 0.15) is 11.6 Å². The molecule has 0 bridgehead atoms. The molecule has 1 saturated carbocycles. The molecule has 1 aromatic carbocycles. The predicted octanol–water partition coefficient (Wildman–Crippen LogP) is 4.36. The van der Waals surface area contributed by atoms with Crippen molar-refractivity contribution >= 4 is 11.6 Å². The van der Waals surface area contributed by atoms with E-state index < -0.39 is 17.7 Å². The van der Waals surface area contributed by atoms with E-state index in [0.717, 1.165) is 37.8 Å². The van der Waals surface area contributed by atoms with Crippen LogP contribution in [0, 0.1) is 17.6 Å². The smallest absolute Gasteiger partial charge is 0.142 e. The number of nitrogens with two attached hydrogens (primary N) is 1.